The minimum atomic E-state index is -1.91. The lowest BCUT2D eigenvalue weighted by molar-refractivity contribution is -0.141. The Morgan fingerprint density at radius 1 is 1.10 bits per heavy atom. The molecule has 2 saturated heterocycles. The largest absolute Gasteiger partial charge is 0.504 e. The fourth-order valence-corrected chi connectivity index (χ4v) is 9.01. The number of hydrogen-bond acceptors (Lipinski definition) is 7. The first-order valence-corrected chi connectivity index (χ1v) is 15.7. The predicted molar refractivity (Wildman–Crippen MR) is 152 cm³/mol. The quantitative estimate of drug-likeness (QED) is 0.206. The maximum atomic E-state index is 13.9. The summed E-state index contributed by atoms with van der Waals surface area (Å²) in [6.07, 6.45) is 2.11. The van der Waals surface area contributed by atoms with Crippen LogP contribution in [0.5, 0.6) is 11.5 Å². The molecule has 1 saturated carbocycles. The number of fused-ring (bicyclic) bond motifs is 4. The summed E-state index contributed by atoms with van der Waals surface area (Å²) in [4.78, 5) is 54.3. The number of benzene rings is 1. The number of allylic oxidation sites excluding steroid dienone is 2. The Morgan fingerprint density at radius 3 is 2.55 bits per heavy atom. The van der Waals surface area contributed by atoms with Gasteiger partial charge in [0.25, 0.3) is 11.8 Å². The van der Waals surface area contributed by atoms with Gasteiger partial charge in [-0.3, -0.25) is 29.0 Å². The summed E-state index contributed by atoms with van der Waals surface area (Å²) in [5.41, 5.74) is 1.11. The summed E-state index contributed by atoms with van der Waals surface area (Å²) in [6, 6.07) is 8.41. The molecule has 2 aliphatic carbocycles. The number of imide groups is 2. The molecule has 4 aliphatic rings. The van der Waals surface area contributed by atoms with Gasteiger partial charge in [-0.1, -0.05) is 39.7 Å². The number of thiophene rings is 1. The lowest BCUT2D eigenvalue weighted by Gasteiger charge is -2.50. The second-order valence-electron chi connectivity index (χ2n) is 10.5. The maximum absolute atomic E-state index is 13.9. The zero-order chi connectivity index (χ0) is 28.6. The van der Waals surface area contributed by atoms with Gasteiger partial charge in [0.05, 0.1) is 30.4 Å². The third kappa shape index (κ3) is 3.68. The molecule has 6 unspecified atom stereocenters. The Bertz CT molecular complexity index is 1470. The number of halogens is 3. The van der Waals surface area contributed by atoms with Crippen molar-refractivity contribution in [2.75, 3.05) is 12.1 Å². The predicted octanol–water partition coefficient (Wildman–Crippen LogP) is 4.76. The van der Waals surface area contributed by atoms with Gasteiger partial charge in [-0.15, -0.1) is 34.5 Å². The lowest BCUT2D eigenvalue weighted by Crippen LogP contribution is -2.60. The van der Waals surface area contributed by atoms with Crippen molar-refractivity contribution in [3.8, 4) is 11.5 Å². The highest BCUT2D eigenvalue weighted by atomic mass is 79.9. The average Bonchev–Trinajstić information content (AvgIpc) is 3.57. The van der Waals surface area contributed by atoms with Crippen LogP contribution in [-0.2, 0) is 25.7 Å². The highest BCUT2D eigenvalue weighted by molar-refractivity contribution is 9.09. The molecule has 4 amide bonds. The Balaban J connectivity index is 1.50. The molecular weight excluding hydrogens is 643 g/mol. The zero-order valence-electron chi connectivity index (χ0n) is 21.3. The van der Waals surface area contributed by atoms with E-state index in [1.807, 2.05) is 23.6 Å². The van der Waals surface area contributed by atoms with E-state index in [2.05, 4.69) is 15.9 Å². The minimum Gasteiger partial charge on any atom is -0.504 e. The van der Waals surface area contributed by atoms with E-state index in [1.165, 1.54) is 22.3 Å². The van der Waals surface area contributed by atoms with Crippen molar-refractivity contribution >= 4 is 74.1 Å². The normalized spacial score (nSPS) is 33.1. The van der Waals surface area contributed by atoms with Gasteiger partial charge < -0.3 is 9.84 Å². The molecule has 1 aromatic heterocycles. The number of likely N-dealkylation sites (tertiary alicyclic amines) is 2. The molecule has 0 bridgehead atoms. The van der Waals surface area contributed by atoms with Crippen LogP contribution < -0.4 is 4.74 Å². The topological polar surface area (TPSA) is 104 Å². The van der Waals surface area contributed by atoms with Crippen molar-refractivity contribution in [3.05, 3.63) is 57.8 Å². The Hall–Kier alpha value is -2.40. The van der Waals surface area contributed by atoms with Crippen molar-refractivity contribution in [1.29, 1.82) is 0 Å². The fourth-order valence-electron chi connectivity index (χ4n) is 6.89. The number of carbonyl (C=O) groups excluding carboxylic acids is 4. The van der Waals surface area contributed by atoms with E-state index in [4.69, 9.17) is 27.9 Å². The van der Waals surface area contributed by atoms with Gasteiger partial charge in [-0.2, -0.15) is 0 Å². The van der Waals surface area contributed by atoms with Crippen LogP contribution in [0.4, 0.5) is 0 Å². The van der Waals surface area contributed by atoms with Crippen molar-refractivity contribution in [1.82, 2.24) is 9.80 Å². The SMILES string of the molecule is CCOc1cc(C2C3=CCC4C(=O)N(Cc5cccs5)C(=O)C4C3CC3(Cl)C(=O)N(CBr)C(=O)C23Cl)ccc1O. The van der Waals surface area contributed by atoms with E-state index in [0.29, 0.717) is 17.6 Å². The molecule has 3 fully saturated rings. The number of nitrogens with zero attached hydrogens (tertiary/aromatic N) is 2. The van der Waals surface area contributed by atoms with Crippen LogP contribution in [0.1, 0.15) is 36.1 Å². The van der Waals surface area contributed by atoms with Gasteiger partial charge in [0.15, 0.2) is 21.2 Å². The fraction of sp³-hybridized carbons (Fsp3) is 0.429. The molecule has 12 heteroatoms. The van der Waals surface area contributed by atoms with E-state index >= 15 is 0 Å². The first kappa shape index (κ1) is 27.8. The molecular formula is C28H25BrCl2N2O6S. The van der Waals surface area contributed by atoms with E-state index in [1.54, 1.807) is 19.1 Å². The number of hydrogen-bond donors (Lipinski definition) is 1. The third-order valence-electron chi connectivity index (χ3n) is 8.62. The monoisotopic (exact) mass is 666 g/mol. The van der Waals surface area contributed by atoms with Crippen LogP contribution in [0.25, 0.3) is 0 Å². The van der Waals surface area contributed by atoms with E-state index in [9.17, 15) is 24.3 Å². The van der Waals surface area contributed by atoms with Gasteiger partial charge >= 0.3 is 0 Å². The zero-order valence-corrected chi connectivity index (χ0v) is 25.2. The number of alkyl halides is 3. The lowest BCUT2D eigenvalue weighted by atomic mass is 9.56. The Morgan fingerprint density at radius 2 is 1.88 bits per heavy atom. The first-order chi connectivity index (χ1) is 19.1. The van der Waals surface area contributed by atoms with Crippen molar-refractivity contribution in [2.45, 2.75) is 42.0 Å². The van der Waals surface area contributed by atoms with E-state index < -0.39 is 45.2 Å². The summed E-state index contributed by atoms with van der Waals surface area (Å²) in [5, 5.41) is 12.3. The summed E-state index contributed by atoms with van der Waals surface area (Å²) < 4.78 is 5.61. The number of phenolic OH excluding ortho intramolecular Hbond substituents is 1. The Labute approximate surface area is 253 Å². The van der Waals surface area contributed by atoms with Crippen molar-refractivity contribution in [3.63, 3.8) is 0 Å². The van der Waals surface area contributed by atoms with Crippen LogP contribution >= 0.6 is 50.5 Å². The van der Waals surface area contributed by atoms with Gasteiger partial charge in [-0.25, -0.2) is 0 Å². The number of ether oxygens (including phenoxy) is 1. The standard InChI is InChI=1S/C28H25BrCl2N2O6S/c1-2-39-20-10-14(5-8-19(20)34)22-16-6-7-17-21(24(36)32(23(17)35)12-15-4-3-9-40-15)18(16)11-27(30)25(37)33(13-29)26(38)28(22,27)31/h3-6,8-10,17-18,21-22,34H,2,7,11-13H2,1H3. The maximum Gasteiger partial charge on any atom is 0.254 e. The molecule has 1 aromatic carbocycles. The average molecular weight is 668 g/mol. The molecule has 2 aromatic rings. The third-order valence-corrected chi connectivity index (χ3v) is 11.4. The smallest absolute Gasteiger partial charge is 0.254 e. The molecule has 8 nitrogen and oxygen atoms in total. The summed E-state index contributed by atoms with van der Waals surface area (Å²) in [6.45, 7) is 2.24. The summed E-state index contributed by atoms with van der Waals surface area (Å²) >= 11 is 19.2. The number of amides is 4. The van der Waals surface area contributed by atoms with Crippen LogP contribution in [-0.4, -0.2) is 60.3 Å². The molecule has 6 rings (SSSR count). The van der Waals surface area contributed by atoms with E-state index in [0.717, 1.165) is 9.78 Å². The molecule has 0 spiro atoms. The second-order valence-corrected chi connectivity index (χ2v) is 13.3. The molecule has 1 N–H and O–H groups in total. The highest BCUT2D eigenvalue weighted by Crippen LogP contribution is 2.65. The van der Waals surface area contributed by atoms with Crippen molar-refractivity contribution in [2.24, 2.45) is 17.8 Å². The Kier molecular flexibility index (Phi) is 6.84. The first-order valence-electron chi connectivity index (χ1n) is 12.9. The molecule has 0 radical (unpaired) electrons. The van der Waals surface area contributed by atoms with Gasteiger partial charge in [0, 0.05) is 10.8 Å². The molecule has 6 atom stereocenters. The number of aromatic hydroxyl groups is 1. The van der Waals surface area contributed by atoms with Gasteiger partial charge in [0.2, 0.25) is 11.8 Å². The van der Waals surface area contributed by atoms with Gasteiger partial charge in [-0.05, 0) is 54.8 Å². The summed E-state index contributed by atoms with van der Waals surface area (Å²) in [7, 11) is 0. The highest BCUT2D eigenvalue weighted by Gasteiger charge is 2.76. The number of rotatable bonds is 6. The van der Waals surface area contributed by atoms with Crippen molar-refractivity contribution < 1.29 is 29.0 Å². The van der Waals surface area contributed by atoms with Crippen LogP contribution in [0.15, 0.2) is 47.4 Å². The number of carbonyl (C=O) groups is 4. The van der Waals surface area contributed by atoms with Gasteiger partial charge in [0.1, 0.15) is 0 Å². The van der Waals surface area contributed by atoms with Crippen LogP contribution in [0.3, 0.4) is 0 Å². The molecule has 3 heterocycles. The summed E-state index contributed by atoms with van der Waals surface area (Å²) in [5.74, 6) is -4.59. The minimum absolute atomic E-state index is 0.0715. The number of phenols is 1. The van der Waals surface area contributed by atoms with Crippen LogP contribution in [0.2, 0.25) is 0 Å². The second kappa shape index (κ2) is 9.86. The molecule has 2 aliphatic heterocycles. The van der Waals surface area contributed by atoms with Crippen LogP contribution in [0, 0.1) is 17.8 Å². The van der Waals surface area contributed by atoms with E-state index in [-0.39, 0.29) is 48.3 Å². The molecule has 210 valence electrons. The molecule has 40 heavy (non-hydrogen) atoms.